The molecule has 1 aliphatic heterocycles. The number of primary sulfonamides is 1. The van der Waals surface area contributed by atoms with Crippen LogP contribution in [0.4, 0.5) is 11.4 Å². The van der Waals surface area contributed by atoms with Crippen molar-refractivity contribution in [1.82, 2.24) is 0 Å². The van der Waals surface area contributed by atoms with Crippen LogP contribution in [-0.4, -0.2) is 28.8 Å². The number of fused-ring (bicyclic) bond motifs is 1. The van der Waals surface area contributed by atoms with Gasteiger partial charge in [0.05, 0.1) is 16.3 Å². The molecule has 0 unspecified atom stereocenters. The molecule has 1 amide bonds. The van der Waals surface area contributed by atoms with E-state index in [9.17, 15) is 21.6 Å². The molecule has 2 aromatic carbocycles. The third-order valence-corrected chi connectivity index (χ3v) is 5.86. The van der Waals surface area contributed by atoms with Crippen molar-refractivity contribution in [3.63, 3.8) is 0 Å². The highest BCUT2D eigenvalue weighted by molar-refractivity contribution is 7.92. The van der Waals surface area contributed by atoms with Gasteiger partial charge in [0.2, 0.25) is 10.0 Å². The van der Waals surface area contributed by atoms with E-state index in [1.54, 1.807) is 6.92 Å². The van der Waals surface area contributed by atoms with Crippen molar-refractivity contribution in [2.24, 2.45) is 5.14 Å². The summed E-state index contributed by atoms with van der Waals surface area (Å²) in [5.41, 5.74) is 0.923. The van der Waals surface area contributed by atoms with E-state index in [2.05, 4.69) is 10.0 Å². The van der Waals surface area contributed by atoms with Crippen LogP contribution in [-0.2, 0) is 30.6 Å². The molecular formula is C16H17N3O6S2. The molecule has 1 aliphatic rings. The van der Waals surface area contributed by atoms with E-state index < -0.39 is 31.9 Å². The normalized spacial score (nSPS) is 16.8. The standard InChI is InChI=1S/C16H17N3O6S2/c1-10-16(20)18-14-6-5-13(8-15(14)25-10)27(23,24)19-12-4-2-3-11(7-12)9-26(17,21)22/h2-8,10,19H,9H2,1H3,(H,18,20)(H2,17,21,22)/t10-/m1/s1. The first-order chi connectivity index (χ1) is 12.5. The van der Waals surface area contributed by atoms with Crippen molar-refractivity contribution in [2.45, 2.75) is 23.7 Å². The second-order valence-corrected chi connectivity index (χ2v) is 9.32. The summed E-state index contributed by atoms with van der Waals surface area (Å²) in [4.78, 5) is 11.5. The molecule has 0 aromatic heterocycles. The van der Waals surface area contributed by atoms with E-state index in [0.717, 1.165) is 0 Å². The molecule has 0 bridgehead atoms. The van der Waals surface area contributed by atoms with Gasteiger partial charge in [0.1, 0.15) is 5.75 Å². The maximum atomic E-state index is 12.6. The van der Waals surface area contributed by atoms with Crippen LogP contribution >= 0.6 is 0 Å². The van der Waals surface area contributed by atoms with Gasteiger partial charge in [-0.2, -0.15) is 0 Å². The van der Waals surface area contributed by atoms with Crippen LogP contribution in [0.2, 0.25) is 0 Å². The molecule has 0 aliphatic carbocycles. The Bertz CT molecular complexity index is 1110. The van der Waals surface area contributed by atoms with Gasteiger partial charge in [-0.15, -0.1) is 0 Å². The molecule has 11 heteroatoms. The lowest BCUT2D eigenvalue weighted by atomic mass is 10.2. The number of ether oxygens (including phenoxy) is 1. The summed E-state index contributed by atoms with van der Waals surface area (Å²) >= 11 is 0. The van der Waals surface area contributed by atoms with Gasteiger partial charge in [0.15, 0.2) is 6.10 Å². The maximum absolute atomic E-state index is 12.6. The van der Waals surface area contributed by atoms with E-state index in [0.29, 0.717) is 11.3 Å². The monoisotopic (exact) mass is 411 g/mol. The van der Waals surface area contributed by atoms with E-state index in [1.165, 1.54) is 42.5 Å². The van der Waals surface area contributed by atoms with E-state index in [1.807, 2.05) is 0 Å². The summed E-state index contributed by atoms with van der Waals surface area (Å²) in [7, 11) is -7.70. The van der Waals surface area contributed by atoms with Crippen molar-refractivity contribution >= 4 is 37.3 Å². The van der Waals surface area contributed by atoms with Crippen LogP contribution in [0.3, 0.4) is 0 Å². The fourth-order valence-corrected chi connectivity index (χ4v) is 4.23. The van der Waals surface area contributed by atoms with Gasteiger partial charge in [0, 0.05) is 11.8 Å². The zero-order chi connectivity index (χ0) is 19.8. The summed E-state index contributed by atoms with van der Waals surface area (Å²) in [6.07, 6.45) is -0.738. The second kappa shape index (κ2) is 6.83. The average Bonchev–Trinajstić information content (AvgIpc) is 2.53. The van der Waals surface area contributed by atoms with Gasteiger partial charge >= 0.3 is 0 Å². The Labute approximate surface area is 156 Å². The molecule has 1 heterocycles. The molecule has 27 heavy (non-hydrogen) atoms. The molecule has 0 spiro atoms. The quantitative estimate of drug-likeness (QED) is 0.669. The second-order valence-electron chi connectivity index (χ2n) is 6.02. The van der Waals surface area contributed by atoms with Crippen LogP contribution < -0.4 is 19.9 Å². The fraction of sp³-hybridized carbons (Fsp3) is 0.188. The van der Waals surface area contributed by atoms with Crippen molar-refractivity contribution in [3.05, 3.63) is 48.0 Å². The van der Waals surface area contributed by atoms with E-state index in [4.69, 9.17) is 9.88 Å². The number of carbonyl (C=O) groups excluding carboxylic acids is 1. The lowest BCUT2D eigenvalue weighted by molar-refractivity contribution is -0.122. The maximum Gasteiger partial charge on any atom is 0.265 e. The number of hydrogen-bond acceptors (Lipinski definition) is 6. The third-order valence-electron chi connectivity index (χ3n) is 3.74. The van der Waals surface area contributed by atoms with Crippen LogP contribution in [0.5, 0.6) is 5.75 Å². The summed E-state index contributed by atoms with van der Waals surface area (Å²) in [5, 5.41) is 7.63. The Kier molecular flexibility index (Phi) is 4.84. The highest BCUT2D eigenvalue weighted by atomic mass is 32.2. The van der Waals surface area contributed by atoms with Crippen molar-refractivity contribution in [2.75, 3.05) is 10.0 Å². The predicted octanol–water partition coefficient (Wildman–Crippen LogP) is 0.995. The molecule has 1 atom stereocenters. The number of rotatable bonds is 5. The molecule has 0 fully saturated rings. The van der Waals surface area contributed by atoms with Gasteiger partial charge in [-0.1, -0.05) is 12.1 Å². The van der Waals surface area contributed by atoms with Gasteiger partial charge in [-0.05, 0) is 36.8 Å². The Hall–Kier alpha value is -2.63. The van der Waals surface area contributed by atoms with Crippen LogP contribution in [0, 0.1) is 0 Å². The molecule has 0 saturated carbocycles. The first-order valence-electron chi connectivity index (χ1n) is 7.77. The highest BCUT2D eigenvalue weighted by Gasteiger charge is 2.25. The van der Waals surface area contributed by atoms with Crippen molar-refractivity contribution in [1.29, 1.82) is 0 Å². The van der Waals surface area contributed by atoms with Crippen molar-refractivity contribution < 1.29 is 26.4 Å². The predicted molar refractivity (Wildman–Crippen MR) is 99.2 cm³/mol. The fourth-order valence-electron chi connectivity index (χ4n) is 2.52. The highest BCUT2D eigenvalue weighted by Crippen LogP contribution is 2.32. The van der Waals surface area contributed by atoms with E-state index >= 15 is 0 Å². The minimum absolute atomic E-state index is 0.0681. The third kappa shape index (κ3) is 4.56. The Morgan fingerprint density at radius 3 is 2.59 bits per heavy atom. The molecule has 9 nitrogen and oxygen atoms in total. The molecule has 4 N–H and O–H groups in total. The Balaban J connectivity index is 1.87. The summed E-state index contributed by atoms with van der Waals surface area (Å²) in [5.74, 6) is -0.483. The number of amides is 1. The average molecular weight is 411 g/mol. The molecule has 144 valence electrons. The van der Waals surface area contributed by atoms with Crippen molar-refractivity contribution in [3.8, 4) is 5.75 Å². The van der Waals surface area contributed by atoms with Crippen LogP contribution in [0.25, 0.3) is 0 Å². The zero-order valence-electron chi connectivity index (χ0n) is 14.2. The number of anilines is 2. The number of nitrogens with one attached hydrogen (secondary N) is 2. The number of carbonyl (C=O) groups is 1. The minimum atomic E-state index is -3.96. The van der Waals surface area contributed by atoms with Crippen LogP contribution in [0.15, 0.2) is 47.4 Å². The summed E-state index contributed by atoms with van der Waals surface area (Å²) < 4.78 is 55.5. The van der Waals surface area contributed by atoms with Crippen LogP contribution in [0.1, 0.15) is 12.5 Å². The Morgan fingerprint density at radius 2 is 1.89 bits per heavy atom. The van der Waals surface area contributed by atoms with Gasteiger partial charge in [-0.25, -0.2) is 22.0 Å². The Morgan fingerprint density at radius 1 is 1.15 bits per heavy atom. The molecule has 0 radical (unpaired) electrons. The van der Waals surface area contributed by atoms with E-state index in [-0.39, 0.29) is 22.2 Å². The lowest BCUT2D eigenvalue weighted by Gasteiger charge is -2.23. The van der Waals surface area contributed by atoms with Gasteiger partial charge in [-0.3, -0.25) is 9.52 Å². The largest absolute Gasteiger partial charge is 0.479 e. The molecule has 3 rings (SSSR count). The zero-order valence-corrected chi connectivity index (χ0v) is 15.8. The summed E-state index contributed by atoms with van der Waals surface area (Å²) in [6.45, 7) is 1.55. The first kappa shape index (κ1) is 19.1. The number of benzene rings is 2. The number of sulfonamides is 2. The SMILES string of the molecule is C[C@H]1Oc2cc(S(=O)(=O)Nc3cccc(CS(N)(=O)=O)c3)ccc2NC1=O. The van der Waals surface area contributed by atoms with Gasteiger partial charge < -0.3 is 10.1 Å². The summed E-state index contributed by atoms with van der Waals surface area (Å²) in [6, 6.07) is 9.99. The van der Waals surface area contributed by atoms with Gasteiger partial charge in [0.25, 0.3) is 15.9 Å². The molecule has 2 aromatic rings. The number of hydrogen-bond donors (Lipinski definition) is 3. The minimum Gasteiger partial charge on any atom is -0.479 e. The first-order valence-corrected chi connectivity index (χ1v) is 11.0. The molecular weight excluding hydrogens is 394 g/mol. The number of nitrogens with two attached hydrogens (primary N) is 1. The lowest BCUT2D eigenvalue weighted by Crippen LogP contribution is -2.34. The smallest absolute Gasteiger partial charge is 0.265 e. The molecule has 0 saturated heterocycles. The topological polar surface area (TPSA) is 145 Å².